The Labute approximate surface area is 110 Å². The van der Waals surface area contributed by atoms with Crippen molar-refractivity contribution in [1.29, 1.82) is 0 Å². The molecule has 0 bridgehead atoms. The molecule has 1 aliphatic rings. The van der Waals surface area contributed by atoms with E-state index in [2.05, 4.69) is 19.2 Å². The standard InChI is InChI=1S/C14H26N2O2/c1-3-5-6-13(17)16-10-7-12(8-11-16)14(18)15-9-4-2/h12H,3-11H2,1-2H3,(H,15,18). The van der Waals surface area contributed by atoms with Crippen LogP contribution in [0.5, 0.6) is 0 Å². The number of carbonyl (C=O) groups is 2. The van der Waals surface area contributed by atoms with Crippen molar-refractivity contribution < 1.29 is 9.59 Å². The number of nitrogens with zero attached hydrogens (tertiary/aromatic N) is 1. The number of likely N-dealkylation sites (tertiary alicyclic amines) is 1. The smallest absolute Gasteiger partial charge is 0.223 e. The molecule has 1 N–H and O–H groups in total. The summed E-state index contributed by atoms with van der Waals surface area (Å²) < 4.78 is 0. The van der Waals surface area contributed by atoms with E-state index in [1.165, 1.54) is 0 Å². The van der Waals surface area contributed by atoms with Crippen molar-refractivity contribution >= 4 is 11.8 Å². The minimum Gasteiger partial charge on any atom is -0.356 e. The van der Waals surface area contributed by atoms with Gasteiger partial charge in [-0.1, -0.05) is 20.3 Å². The van der Waals surface area contributed by atoms with E-state index in [9.17, 15) is 9.59 Å². The van der Waals surface area contributed by atoms with Crippen LogP contribution in [-0.2, 0) is 9.59 Å². The third-order valence-corrected chi connectivity index (χ3v) is 3.51. The summed E-state index contributed by atoms with van der Waals surface area (Å²) in [6.07, 6.45) is 5.28. The number of unbranched alkanes of at least 4 members (excludes halogenated alkanes) is 1. The monoisotopic (exact) mass is 254 g/mol. The Bertz CT molecular complexity index is 243. The maximum absolute atomic E-state index is 11.8. The minimum atomic E-state index is 0.103. The van der Waals surface area contributed by atoms with Crippen LogP contribution < -0.4 is 5.32 Å². The third kappa shape index (κ3) is 4.67. The molecule has 0 radical (unpaired) electrons. The van der Waals surface area contributed by atoms with Crippen molar-refractivity contribution in [3.63, 3.8) is 0 Å². The molecule has 0 aromatic carbocycles. The fourth-order valence-corrected chi connectivity index (χ4v) is 2.27. The zero-order valence-electron chi connectivity index (χ0n) is 11.7. The lowest BCUT2D eigenvalue weighted by Crippen LogP contribution is -2.43. The van der Waals surface area contributed by atoms with E-state index in [1.807, 2.05) is 4.90 Å². The Hall–Kier alpha value is -1.06. The van der Waals surface area contributed by atoms with Gasteiger partial charge in [-0.25, -0.2) is 0 Å². The molecule has 4 heteroatoms. The van der Waals surface area contributed by atoms with Crippen molar-refractivity contribution in [1.82, 2.24) is 10.2 Å². The van der Waals surface area contributed by atoms with Crippen molar-refractivity contribution in [3.8, 4) is 0 Å². The van der Waals surface area contributed by atoms with Gasteiger partial charge in [0.1, 0.15) is 0 Å². The minimum absolute atomic E-state index is 0.103. The highest BCUT2D eigenvalue weighted by Gasteiger charge is 2.26. The van der Waals surface area contributed by atoms with Gasteiger partial charge in [0.25, 0.3) is 0 Å². The Morgan fingerprint density at radius 1 is 1.17 bits per heavy atom. The van der Waals surface area contributed by atoms with E-state index >= 15 is 0 Å². The van der Waals surface area contributed by atoms with Crippen LogP contribution in [0.1, 0.15) is 52.4 Å². The zero-order chi connectivity index (χ0) is 13.4. The summed E-state index contributed by atoms with van der Waals surface area (Å²) in [6, 6.07) is 0. The molecule has 0 saturated carbocycles. The normalized spacial score (nSPS) is 16.7. The predicted molar refractivity (Wildman–Crippen MR) is 72.1 cm³/mol. The van der Waals surface area contributed by atoms with Gasteiger partial charge in [-0.15, -0.1) is 0 Å². The highest BCUT2D eigenvalue weighted by Crippen LogP contribution is 2.18. The molecule has 1 rings (SSSR count). The summed E-state index contributed by atoms with van der Waals surface area (Å²) in [5.74, 6) is 0.522. The molecule has 104 valence electrons. The molecular weight excluding hydrogens is 228 g/mol. The van der Waals surface area contributed by atoms with E-state index in [0.717, 1.165) is 51.7 Å². The van der Waals surface area contributed by atoms with Crippen molar-refractivity contribution in [2.24, 2.45) is 5.92 Å². The van der Waals surface area contributed by atoms with Crippen LogP contribution in [0.15, 0.2) is 0 Å². The number of amides is 2. The summed E-state index contributed by atoms with van der Waals surface area (Å²) in [4.78, 5) is 25.5. The first kappa shape index (κ1) is 15.0. The zero-order valence-corrected chi connectivity index (χ0v) is 11.7. The Morgan fingerprint density at radius 3 is 2.39 bits per heavy atom. The second-order valence-electron chi connectivity index (χ2n) is 5.05. The van der Waals surface area contributed by atoms with E-state index in [-0.39, 0.29) is 17.7 Å². The van der Waals surface area contributed by atoms with Crippen LogP contribution in [0.2, 0.25) is 0 Å². The van der Waals surface area contributed by atoms with E-state index in [0.29, 0.717) is 6.42 Å². The van der Waals surface area contributed by atoms with Gasteiger partial charge < -0.3 is 10.2 Å². The fourth-order valence-electron chi connectivity index (χ4n) is 2.27. The molecule has 0 aromatic rings. The lowest BCUT2D eigenvalue weighted by atomic mass is 9.95. The first-order valence-corrected chi connectivity index (χ1v) is 7.24. The number of hydrogen-bond acceptors (Lipinski definition) is 2. The Morgan fingerprint density at radius 2 is 1.83 bits per heavy atom. The van der Waals surface area contributed by atoms with Gasteiger partial charge in [0.15, 0.2) is 0 Å². The highest BCUT2D eigenvalue weighted by molar-refractivity contribution is 5.80. The second kappa shape index (κ2) is 8.11. The summed E-state index contributed by atoms with van der Waals surface area (Å²) in [7, 11) is 0. The van der Waals surface area contributed by atoms with Crippen molar-refractivity contribution in [2.75, 3.05) is 19.6 Å². The molecule has 0 aromatic heterocycles. The first-order valence-electron chi connectivity index (χ1n) is 7.24. The first-order chi connectivity index (χ1) is 8.69. The average Bonchev–Trinajstić information content (AvgIpc) is 2.42. The number of piperidine rings is 1. The van der Waals surface area contributed by atoms with Gasteiger partial charge >= 0.3 is 0 Å². The number of hydrogen-bond donors (Lipinski definition) is 1. The van der Waals surface area contributed by atoms with Gasteiger partial charge in [0.05, 0.1) is 0 Å². The summed E-state index contributed by atoms with van der Waals surface area (Å²) in [5.41, 5.74) is 0. The summed E-state index contributed by atoms with van der Waals surface area (Å²) in [5, 5.41) is 2.94. The van der Waals surface area contributed by atoms with Crippen LogP contribution >= 0.6 is 0 Å². The Kier molecular flexibility index (Phi) is 6.76. The molecule has 0 atom stereocenters. The maximum atomic E-state index is 11.8. The number of rotatable bonds is 6. The van der Waals surface area contributed by atoms with Gasteiger partial charge in [-0.05, 0) is 25.7 Å². The van der Waals surface area contributed by atoms with E-state index in [1.54, 1.807) is 0 Å². The van der Waals surface area contributed by atoms with Crippen LogP contribution in [0.4, 0.5) is 0 Å². The summed E-state index contributed by atoms with van der Waals surface area (Å²) >= 11 is 0. The molecule has 1 heterocycles. The third-order valence-electron chi connectivity index (χ3n) is 3.51. The van der Waals surface area contributed by atoms with Gasteiger partial charge in [0, 0.05) is 32.0 Å². The second-order valence-corrected chi connectivity index (χ2v) is 5.05. The van der Waals surface area contributed by atoms with E-state index in [4.69, 9.17) is 0 Å². The number of carbonyl (C=O) groups excluding carboxylic acids is 2. The molecule has 0 spiro atoms. The number of nitrogens with one attached hydrogen (secondary N) is 1. The van der Waals surface area contributed by atoms with Gasteiger partial charge in [0.2, 0.25) is 11.8 Å². The SMILES string of the molecule is CCCCC(=O)N1CCC(C(=O)NCCC)CC1. The lowest BCUT2D eigenvalue weighted by molar-refractivity contribution is -0.135. The van der Waals surface area contributed by atoms with Crippen molar-refractivity contribution in [2.45, 2.75) is 52.4 Å². The Balaban J connectivity index is 2.27. The van der Waals surface area contributed by atoms with Crippen LogP contribution in [0.25, 0.3) is 0 Å². The molecule has 1 aliphatic heterocycles. The topological polar surface area (TPSA) is 49.4 Å². The van der Waals surface area contributed by atoms with Crippen molar-refractivity contribution in [3.05, 3.63) is 0 Å². The average molecular weight is 254 g/mol. The molecular formula is C14H26N2O2. The quantitative estimate of drug-likeness (QED) is 0.787. The van der Waals surface area contributed by atoms with Gasteiger partial charge in [-0.2, -0.15) is 0 Å². The highest BCUT2D eigenvalue weighted by atomic mass is 16.2. The fraction of sp³-hybridized carbons (Fsp3) is 0.857. The maximum Gasteiger partial charge on any atom is 0.223 e. The largest absolute Gasteiger partial charge is 0.356 e. The predicted octanol–water partition coefficient (Wildman–Crippen LogP) is 1.94. The molecule has 0 aliphatic carbocycles. The molecule has 18 heavy (non-hydrogen) atoms. The van der Waals surface area contributed by atoms with Crippen LogP contribution in [0, 0.1) is 5.92 Å². The van der Waals surface area contributed by atoms with Crippen LogP contribution in [0.3, 0.4) is 0 Å². The molecule has 1 saturated heterocycles. The van der Waals surface area contributed by atoms with Gasteiger partial charge in [-0.3, -0.25) is 9.59 Å². The van der Waals surface area contributed by atoms with Crippen LogP contribution in [-0.4, -0.2) is 36.3 Å². The molecule has 4 nitrogen and oxygen atoms in total. The summed E-state index contributed by atoms with van der Waals surface area (Å²) in [6.45, 7) is 6.39. The molecule has 0 unspecified atom stereocenters. The lowest BCUT2D eigenvalue weighted by Gasteiger charge is -2.31. The molecule has 1 fully saturated rings. The molecule has 2 amide bonds. The van der Waals surface area contributed by atoms with E-state index < -0.39 is 0 Å².